The van der Waals surface area contributed by atoms with Crippen LogP contribution in [0.2, 0.25) is 0 Å². The molecular formula is C15H36N2O9P2S2. The Labute approximate surface area is 189 Å². The molecule has 0 unspecified atom stereocenters. The lowest BCUT2D eigenvalue weighted by Crippen LogP contribution is -2.07. The van der Waals surface area contributed by atoms with Crippen molar-refractivity contribution in [2.24, 2.45) is 0 Å². The van der Waals surface area contributed by atoms with Gasteiger partial charge < -0.3 is 43.6 Å². The Morgan fingerprint density at radius 1 is 0.867 bits per heavy atom. The van der Waals surface area contributed by atoms with Crippen LogP contribution in [-0.4, -0.2) is 66.3 Å². The van der Waals surface area contributed by atoms with Crippen molar-refractivity contribution in [2.75, 3.05) is 26.9 Å². The first-order chi connectivity index (χ1) is 13.7. The number of aromatic nitrogens is 2. The maximum atomic E-state index is 7.56. The van der Waals surface area contributed by atoms with E-state index < -0.39 is 13.4 Å². The van der Waals surface area contributed by atoms with Crippen molar-refractivity contribution in [1.82, 2.24) is 9.97 Å². The molecule has 0 bridgehead atoms. The van der Waals surface area contributed by atoms with Gasteiger partial charge in [-0.2, -0.15) is 4.98 Å². The highest BCUT2D eigenvalue weighted by Crippen LogP contribution is 2.27. The van der Waals surface area contributed by atoms with Gasteiger partial charge in [0.1, 0.15) is 6.61 Å². The minimum absolute atomic E-state index is 0.352. The van der Waals surface area contributed by atoms with Crippen molar-refractivity contribution < 1.29 is 43.6 Å². The Hall–Kier alpha value is -0.300. The fraction of sp³-hybridized carbons (Fsp3) is 0.733. The summed E-state index contributed by atoms with van der Waals surface area (Å²) in [5.41, 5.74) is 0.820. The van der Waals surface area contributed by atoms with Crippen LogP contribution in [0.5, 0.6) is 11.9 Å². The number of rotatable bonds is 6. The third kappa shape index (κ3) is 50.9. The van der Waals surface area contributed by atoms with Crippen LogP contribution >= 0.6 is 13.4 Å². The first kappa shape index (κ1) is 37.0. The lowest BCUT2D eigenvalue weighted by Gasteiger charge is -2.07. The first-order valence-electron chi connectivity index (χ1n) is 8.84. The van der Waals surface area contributed by atoms with Crippen molar-refractivity contribution in [1.29, 1.82) is 0 Å². The third-order valence-corrected chi connectivity index (χ3v) is 1.62. The Morgan fingerprint density at radius 3 is 1.60 bits per heavy atom. The molecule has 0 saturated heterocycles. The van der Waals surface area contributed by atoms with E-state index >= 15 is 0 Å². The molecule has 0 amide bonds. The summed E-state index contributed by atoms with van der Waals surface area (Å²) in [6.07, 6.45) is 1.25. The SMILES string of the molecule is CC.CCC.CCOc1nc(C)cc(OCCOC)n1.OP(O)(O)=S.OP(O)(O)=S. The van der Waals surface area contributed by atoms with E-state index in [-0.39, 0.29) is 0 Å². The van der Waals surface area contributed by atoms with Gasteiger partial charge in [0.25, 0.3) is 0 Å². The molecule has 15 heteroatoms. The molecule has 30 heavy (non-hydrogen) atoms. The summed E-state index contributed by atoms with van der Waals surface area (Å²) in [6, 6.07) is 2.11. The summed E-state index contributed by atoms with van der Waals surface area (Å²) in [5.74, 6) is 0.517. The van der Waals surface area contributed by atoms with Crippen molar-refractivity contribution >= 4 is 37.1 Å². The molecule has 0 atom stereocenters. The Bertz CT molecular complexity index is 565. The van der Waals surface area contributed by atoms with E-state index in [1.54, 1.807) is 13.2 Å². The molecule has 0 aromatic carbocycles. The standard InChI is InChI=1S/C10H16N2O3.C3H8.C2H6.2H3O3PS/c1-4-14-10-11-8(2)7-9(12-10)15-6-5-13-3;1-3-2;1-2;2*1-4(2,3)5/h7H,4-6H2,1-3H3;3H2,1-2H3;1-2H3;2*(H3,1,2,3,5). The van der Waals surface area contributed by atoms with E-state index in [9.17, 15) is 0 Å². The summed E-state index contributed by atoms with van der Waals surface area (Å²) in [5, 5.41) is 0. The van der Waals surface area contributed by atoms with Crippen LogP contribution < -0.4 is 9.47 Å². The van der Waals surface area contributed by atoms with Gasteiger partial charge in [-0.3, -0.25) is 0 Å². The number of nitrogens with zero attached hydrogens (tertiary/aromatic N) is 2. The lowest BCUT2D eigenvalue weighted by atomic mass is 10.4. The van der Waals surface area contributed by atoms with E-state index in [2.05, 4.69) is 47.4 Å². The van der Waals surface area contributed by atoms with Gasteiger partial charge in [0.15, 0.2) is 0 Å². The second kappa shape index (κ2) is 23.4. The molecule has 1 heterocycles. The fourth-order valence-corrected chi connectivity index (χ4v) is 1.01. The molecule has 0 radical (unpaired) electrons. The van der Waals surface area contributed by atoms with Crippen LogP contribution in [0.15, 0.2) is 6.07 Å². The van der Waals surface area contributed by atoms with E-state index in [0.717, 1.165) is 5.69 Å². The zero-order valence-corrected chi connectivity index (χ0v) is 21.8. The quantitative estimate of drug-likeness (QED) is 0.240. The Kier molecular flexibility index (Phi) is 28.8. The highest BCUT2D eigenvalue weighted by Gasteiger charge is 2.03. The second-order valence-electron chi connectivity index (χ2n) is 4.64. The highest BCUT2D eigenvalue weighted by atomic mass is 32.5. The number of hydrogen-bond acceptors (Lipinski definition) is 7. The van der Waals surface area contributed by atoms with Gasteiger partial charge in [-0.15, -0.1) is 0 Å². The van der Waals surface area contributed by atoms with Crippen LogP contribution in [0, 0.1) is 6.92 Å². The molecule has 0 saturated carbocycles. The van der Waals surface area contributed by atoms with Crippen molar-refractivity contribution in [3.8, 4) is 11.9 Å². The average Bonchev–Trinajstić information content (AvgIpc) is 2.54. The molecular weight excluding hydrogens is 478 g/mol. The molecule has 6 N–H and O–H groups in total. The smallest absolute Gasteiger partial charge is 0.319 e. The maximum Gasteiger partial charge on any atom is 0.319 e. The summed E-state index contributed by atoms with van der Waals surface area (Å²) in [4.78, 5) is 53.5. The van der Waals surface area contributed by atoms with Crippen LogP contribution in [0.1, 0.15) is 46.7 Å². The van der Waals surface area contributed by atoms with E-state index in [0.29, 0.717) is 31.7 Å². The predicted octanol–water partition coefficient (Wildman–Crippen LogP) is 2.03. The maximum absolute atomic E-state index is 7.56. The molecule has 11 nitrogen and oxygen atoms in total. The number of aryl methyl sites for hydroxylation is 1. The zero-order chi connectivity index (χ0) is 24.8. The molecule has 1 aromatic heterocycles. The molecule has 0 spiro atoms. The van der Waals surface area contributed by atoms with Gasteiger partial charge >= 0.3 is 19.4 Å². The minimum atomic E-state index is -3.81. The van der Waals surface area contributed by atoms with Crippen molar-refractivity contribution in [2.45, 2.75) is 48.0 Å². The fourth-order valence-electron chi connectivity index (χ4n) is 1.01. The minimum Gasteiger partial charge on any atom is -0.475 e. The van der Waals surface area contributed by atoms with Crippen molar-refractivity contribution in [3.63, 3.8) is 0 Å². The first-order valence-corrected chi connectivity index (χ1v) is 14.2. The third-order valence-electron chi connectivity index (χ3n) is 1.62. The Morgan fingerprint density at radius 2 is 1.27 bits per heavy atom. The number of ether oxygens (including phenoxy) is 3. The van der Waals surface area contributed by atoms with Gasteiger partial charge in [0.2, 0.25) is 5.88 Å². The van der Waals surface area contributed by atoms with Gasteiger partial charge in [0.05, 0.1) is 13.2 Å². The lowest BCUT2D eigenvalue weighted by molar-refractivity contribution is 0.142. The Balaban J connectivity index is -0.000000186. The number of methoxy groups -OCH3 is 1. The summed E-state index contributed by atoms with van der Waals surface area (Å²) in [6.45, 7) is 5.94. The molecule has 1 aromatic rings. The normalized spacial score (nSPS) is 9.77. The van der Waals surface area contributed by atoms with Crippen molar-refractivity contribution in [3.05, 3.63) is 11.8 Å². The van der Waals surface area contributed by atoms with Crippen LogP contribution in [0.25, 0.3) is 0 Å². The predicted molar refractivity (Wildman–Crippen MR) is 125 cm³/mol. The van der Waals surface area contributed by atoms with Gasteiger partial charge in [0, 0.05) is 18.9 Å². The molecule has 0 aliphatic carbocycles. The molecule has 1 rings (SSSR count). The van der Waals surface area contributed by atoms with Gasteiger partial charge in [-0.05, 0) is 37.5 Å². The average molecular weight is 515 g/mol. The number of hydrogen-bond donors (Lipinski definition) is 6. The summed E-state index contributed by atoms with van der Waals surface area (Å²) >= 11 is 7.21. The van der Waals surface area contributed by atoms with Crippen LogP contribution in [0.4, 0.5) is 0 Å². The topological polar surface area (TPSA) is 175 Å². The second-order valence-corrected chi connectivity index (χ2v) is 9.63. The monoisotopic (exact) mass is 514 g/mol. The zero-order valence-electron chi connectivity index (χ0n) is 18.4. The van der Waals surface area contributed by atoms with Gasteiger partial charge in [-0.25, -0.2) is 4.98 Å². The molecule has 0 aliphatic heterocycles. The molecule has 0 fully saturated rings. The van der Waals surface area contributed by atoms with E-state index in [4.69, 9.17) is 43.6 Å². The molecule has 0 aliphatic rings. The molecule has 182 valence electrons. The highest BCUT2D eigenvalue weighted by molar-refractivity contribution is 8.06. The summed E-state index contributed by atoms with van der Waals surface area (Å²) < 4.78 is 15.4. The van der Waals surface area contributed by atoms with E-state index in [1.807, 2.05) is 27.7 Å². The summed E-state index contributed by atoms with van der Waals surface area (Å²) in [7, 11) is 1.63. The van der Waals surface area contributed by atoms with Crippen LogP contribution in [0.3, 0.4) is 0 Å². The largest absolute Gasteiger partial charge is 0.475 e. The van der Waals surface area contributed by atoms with Gasteiger partial charge in [-0.1, -0.05) is 34.1 Å². The van der Waals surface area contributed by atoms with Crippen LogP contribution in [-0.2, 0) is 28.4 Å². The van der Waals surface area contributed by atoms with E-state index in [1.165, 1.54) is 6.42 Å².